The number of nitrogens with one attached hydrogen (secondary N) is 1. The summed E-state index contributed by atoms with van der Waals surface area (Å²) in [6.07, 6.45) is 0. The zero-order chi connectivity index (χ0) is 17.8. The lowest BCUT2D eigenvalue weighted by molar-refractivity contribution is -0.134. The lowest BCUT2D eigenvalue weighted by Crippen LogP contribution is -2.50. The zero-order valence-corrected chi connectivity index (χ0v) is 15.4. The number of carbonyl (C=O) groups is 2. The van der Waals surface area contributed by atoms with Crippen molar-refractivity contribution >= 4 is 34.5 Å². The first-order valence-corrected chi connectivity index (χ1v) is 9.42. The summed E-state index contributed by atoms with van der Waals surface area (Å²) < 4.78 is 0. The molecule has 6 heteroatoms. The van der Waals surface area contributed by atoms with E-state index in [9.17, 15) is 9.59 Å². The minimum Gasteiger partial charge on any atom is -0.366 e. The van der Waals surface area contributed by atoms with Crippen LogP contribution in [0.15, 0.2) is 41.8 Å². The number of para-hydroxylation sites is 2. The molecule has 2 aromatic rings. The average Bonchev–Trinajstić information content (AvgIpc) is 3.16. The molecular weight excluding hydrogens is 334 g/mol. The van der Waals surface area contributed by atoms with Gasteiger partial charge < -0.3 is 15.1 Å². The molecule has 5 nitrogen and oxygen atoms in total. The van der Waals surface area contributed by atoms with Crippen LogP contribution >= 0.6 is 11.3 Å². The molecule has 1 saturated heterocycles. The van der Waals surface area contributed by atoms with Gasteiger partial charge in [0.2, 0.25) is 5.91 Å². The monoisotopic (exact) mass is 357 g/mol. The van der Waals surface area contributed by atoms with Crippen molar-refractivity contribution in [2.45, 2.75) is 13.8 Å². The van der Waals surface area contributed by atoms with Gasteiger partial charge >= 0.3 is 0 Å². The van der Waals surface area contributed by atoms with Crippen LogP contribution in [0.4, 0.5) is 11.4 Å². The van der Waals surface area contributed by atoms with Crippen LogP contribution in [0, 0.1) is 5.92 Å². The molecule has 1 aromatic carbocycles. The van der Waals surface area contributed by atoms with Gasteiger partial charge in [0, 0.05) is 32.1 Å². The molecule has 1 N–H and O–H groups in total. The maximum absolute atomic E-state index is 12.4. The van der Waals surface area contributed by atoms with E-state index in [0.29, 0.717) is 18.0 Å². The maximum atomic E-state index is 12.4. The van der Waals surface area contributed by atoms with Crippen molar-refractivity contribution in [3.8, 4) is 0 Å². The summed E-state index contributed by atoms with van der Waals surface area (Å²) in [7, 11) is 0. The number of hydrogen-bond acceptors (Lipinski definition) is 4. The number of carbonyl (C=O) groups excluding carboxylic acids is 2. The first-order chi connectivity index (χ1) is 12.1. The Hall–Kier alpha value is -2.34. The SMILES string of the molecule is CC(C)C(=O)N1CCN(c2ccccc2NC(=O)c2cccs2)CC1. The van der Waals surface area contributed by atoms with Crippen LogP contribution in [-0.2, 0) is 4.79 Å². The number of thiophene rings is 1. The number of anilines is 2. The number of rotatable bonds is 4. The van der Waals surface area contributed by atoms with E-state index in [2.05, 4.69) is 10.2 Å². The number of hydrogen-bond donors (Lipinski definition) is 1. The largest absolute Gasteiger partial charge is 0.366 e. The molecular formula is C19H23N3O2S. The minimum atomic E-state index is -0.0870. The van der Waals surface area contributed by atoms with Gasteiger partial charge in [0.25, 0.3) is 5.91 Å². The average molecular weight is 357 g/mol. The van der Waals surface area contributed by atoms with Crippen molar-refractivity contribution in [1.29, 1.82) is 0 Å². The van der Waals surface area contributed by atoms with Gasteiger partial charge in [-0.2, -0.15) is 0 Å². The molecule has 1 aliphatic rings. The third kappa shape index (κ3) is 4.02. The first-order valence-electron chi connectivity index (χ1n) is 8.54. The highest BCUT2D eigenvalue weighted by Gasteiger charge is 2.24. The van der Waals surface area contributed by atoms with Crippen molar-refractivity contribution in [3.63, 3.8) is 0 Å². The summed E-state index contributed by atoms with van der Waals surface area (Å²) in [5, 5.41) is 4.91. The van der Waals surface area contributed by atoms with Crippen LogP contribution in [-0.4, -0.2) is 42.9 Å². The van der Waals surface area contributed by atoms with Crippen LogP contribution in [0.1, 0.15) is 23.5 Å². The summed E-state index contributed by atoms with van der Waals surface area (Å²) >= 11 is 1.43. The molecule has 0 radical (unpaired) electrons. The molecule has 0 aliphatic carbocycles. The normalized spacial score (nSPS) is 14.7. The molecule has 3 rings (SSSR count). The molecule has 2 heterocycles. The quantitative estimate of drug-likeness (QED) is 0.913. The summed E-state index contributed by atoms with van der Waals surface area (Å²) in [5.41, 5.74) is 1.81. The Kier molecular flexibility index (Phi) is 5.38. The van der Waals surface area contributed by atoms with Crippen LogP contribution < -0.4 is 10.2 Å². The number of benzene rings is 1. The maximum Gasteiger partial charge on any atom is 0.265 e. The van der Waals surface area contributed by atoms with Gasteiger partial charge in [0.05, 0.1) is 16.3 Å². The van der Waals surface area contributed by atoms with E-state index in [0.717, 1.165) is 24.5 Å². The Morgan fingerprint density at radius 2 is 1.76 bits per heavy atom. The zero-order valence-electron chi connectivity index (χ0n) is 14.6. The van der Waals surface area contributed by atoms with Crippen molar-refractivity contribution in [2.24, 2.45) is 5.92 Å². The molecule has 1 aromatic heterocycles. The highest BCUT2D eigenvalue weighted by atomic mass is 32.1. The first kappa shape index (κ1) is 17.5. The van der Waals surface area contributed by atoms with E-state index in [4.69, 9.17) is 0 Å². The van der Waals surface area contributed by atoms with Gasteiger partial charge in [-0.25, -0.2) is 0 Å². The molecule has 132 valence electrons. The number of nitrogens with zero attached hydrogens (tertiary/aromatic N) is 2. The van der Waals surface area contributed by atoms with Crippen LogP contribution in [0.3, 0.4) is 0 Å². The standard InChI is InChI=1S/C19H23N3O2S/c1-14(2)19(24)22-11-9-21(10-12-22)16-7-4-3-6-15(16)20-18(23)17-8-5-13-25-17/h3-8,13-14H,9-12H2,1-2H3,(H,20,23). The van der Waals surface area contributed by atoms with Crippen LogP contribution in [0.5, 0.6) is 0 Å². The predicted molar refractivity (Wildman–Crippen MR) is 102 cm³/mol. The van der Waals surface area contributed by atoms with Gasteiger partial charge in [-0.15, -0.1) is 11.3 Å². The Labute approximate surface area is 152 Å². The third-order valence-corrected chi connectivity index (χ3v) is 5.19. The number of amides is 2. The molecule has 0 spiro atoms. The Balaban J connectivity index is 1.69. The molecule has 25 heavy (non-hydrogen) atoms. The van der Waals surface area contributed by atoms with Gasteiger partial charge in [0.15, 0.2) is 0 Å². The summed E-state index contributed by atoms with van der Waals surface area (Å²) in [6.45, 7) is 6.83. The molecule has 1 aliphatic heterocycles. The molecule has 0 atom stereocenters. The van der Waals surface area contributed by atoms with Crippen LogP contribution in [0.2, 0.25) is 0 Å². The third-order valence-electron chi connectivity index (χ3n) is 4.32. The topological polar surface area (TPSA) is 52.7 Å². The van der Waals surface area contributed by atoms with Gasteiger partial charge in [-0.3, -0.25) is 9.59 Å². The summed E-state index contributed by atoms with van der Waals surface area (Å²) in [5.74, 6) is 0.152. The van der Waals surface area contributed by atoms with Gasteiger partial charge in [-0.05, 0) is 23.6 Å². The predicted octanol–water partition coefficient (Wildman–Crippen LogP) is 3.31. The van der Waals surface area contributed by atoms with Crippen molar-refractivity contribution in [1.82, 2.24) is 4.90 Å². The smallest absolute Gasteiger partial charge is 0.265 e. The van der Waals surface area contributed by atoms with Crippen LogP contribution in [0.25, 0.3) is 0 Å². The fourth-order valence-electron chi connectivity index (χ4n) is 2.98. The second-order valence-electron chi connectivity index (χ2n) is 6.42. The van der Waals surface area contributed by atoms with E-state index in [-0.39, 0.29) is 17.7 Å². The minimum absolute atomic E-state index is 0.0314. The van der Waals surface area contributed by atoms with Crippen molar-refractivity contribution in [2.75, 3.05) is 36.4 Å². The summed E-state index contributed by atoms with van der Waals surface area (Å²) in [6, 6.07) is 11.5. The molecule has 0 unspecified atom stereocenters. The van der Waals surface area contributed by atoms with E-state index in [1.165, 1.54) is 11.3 Å². The van der Waals surface area contributed by atoms with E-state index in [1.807, 2.05) is 60.5 Å². The highest BCUT2D eigenvalue weighted by molar-refractivity contribution is 7.12. The number of piperazine rings is 1. The Morgan fingerprint density at radius 3 is 2.40 bits per heavy atom. The van der Waals surface area contributed by atoms with Crippen molar-refractivity contribution < 1.29 is 9.59 Å². The fourth-order valence-corrected chi connectivity index (χ4v) is 3.60. The fraction of sp³-hybridized carbons (Fsp3) is 0.368. The Bertz CT molecular complexity index is 735. The lowest BCUT2D eigenvalue weighted by atomic mass is 10.1. The van der Waals surface area contributed by atoms with E-state index in [1.54, 1.807) is 0 Å². The van der Waals surface area contributed by atoms with E-state index < -0.39 is 0 Å². The molecule has 0 saturated carbocycles. The second-order valence-corrected chi connectivity index (χ2v) is 7.36. The second kappa shape index (κ2) is 7.70. The van der Waals surface area contributed by atoms with Crippen molar-refractivity contribution in [3.05, 3.63) is 46.7 Å². The summed E-state index contributed by atoms with van der Waals surface area (Å²) in [4.78, 5) is 29.3. The lowest BCUT2D eigenvalue weighted by Gasteiger charge is -2.37. The van der Waals surface area contributed by atoms with E-state index >= 15 is 0 Å². The van der Waals surface area contributed by atoms with Gasteiger partial charge in [-0.1, -0.05) is 32.0 Å². The highest BCUT2D eigenvalue weighted by Crippen LogP contribution is 2.27. The molecule has 1 fully saturated rings. The molecule has 0 bridgehead atoms. The van der Waals surface area contributed by atoms with Gasteiger partial charge in [0.1, 0.15) is 0 Å². The Morgan fingerprint density at radius 1 is 1.04 bits per heavy atom. The molecule has 2 amide bonds.